The first-order valence-corrected chi connectivity index (χ1v) is 7.00. The minimum absolute atomic E-state index is 0.127. The number of benzene rings is 1. The molecule has 1 N–H and O–H groups in total. The summed E-state index contributed by atoms with van der Waals surface area (Å²) in [5.74, 6) is 1.29. The van der Waals surface area contributed by atoms with Gasteiger partial charge in [-0.25, -0.2) is 0 Å². The van der Waals surface area contributed by atoms with E-state index in [1.807, 2.05) is 26.0 Å². The number of thiocarbonyl (C=S) groups is 1. The van der Waals surface area contributed by atoms with Gasteiger partial charge in [0.05, 0.1) is 14.2 Å². The van der Waals surface area contributed by atoms with Crippen LogP contribution in [0.2, 0.25) is 0 Å². The molecule has 21 heavy (non-hydrogen) atoms. The van der Waals surface area contributed by atoms with Crippen LogP contribution in [0, 0.1) is 6.92 Å². The number of nitrogens with one attached hydrogen (secondary N) is 1. The van der Waals surface area contributed by atoms with Crippen LogP contribution in [-0.2, 0) is 4.79 Å². The molecule has 1 amide bonds. The number of amides is 1. The summed E-state index contributed by atoms with van der Waals surface area (Å²) in [6.07, 6.45) is 1.75. The summed E-state index contributed by atoms with van der Waals surface area (Å²) in [5, 5.41) is 3.36. The highest BCUT2D eigenvalue weighted by Crippen LogP contribution is 2.32. The maximum atomic E-state index is 12.2. The third kappa shape index (κ3) is 2.71. The van der Waals surface area contributed by atoms with Crippen LogP contribution in [0.1, 0.15) is 18.1 Å². The summed E-state index contributed by atoms with van der Waals surface area (Å²) in [5.41, 5.74) is 2.13. The highest BCUT2D eigenvalue weighted by atomic mass is 32.1. The van der Waals surface area contributed by atoms with E-state index in [4.69, 9.17) is 21.7 Å². The number of methoxy groups -OCH3 is 2. The van der Waals surface area contributed by atoms with Crippen LogP contribution < -0.4 is 14.8 Å². The van der Waals surface area contributed by atoms with Gasteiger partial charge in [-0.2, -0.15) is 0 Å². The Balaban J connectivity index is 2.44. The van der Waals surface area contributed by atoms with E-state index in [2.05, 4.69) is 5.32 Å². The molecule has 1 fully saturated rings. The van der Waals surface area contributed by atoms with Crippen molar-refractivity contribution in [1.82, 2.24) is 10.2 Å². The lowest BCUT2D eigenvalue weighted by atomic mass is 10.1. The van der Waals surface area contributed by atoms with Crippen molar-refractivity contribution in [1.29, 1.82) is 0 Å². The number of rotatable bonds is 4. The standard InChI is InChI=1S/C15H18N2O3S/c1-5-17-14(18)11(16-15(17)21)8-10-6-7-12(19-3)9(2)13(10)20-4/h6-8H,5H2,1-4H3,(H,16,21)/b11-8+. The van der Waals surface area contributed by atoms with Gasteiger partial charge in [0.15, 0.2) is 5.11 Å². The van der Waals surface area contributed by atoms with Gasteiger partial charge in [0.25, 0.3) is 5.91 Å². The Morgan fingerprint density at radius 1 is 1.33 bits per heavy atom. The molecular formula is C15H18N2O3S. The van der Waals surface area contributed by atoms with E-state index in [0.29, 0.717) is 23.1 Å². The summed E-state index contributed by atoms with van der Waals surface area (Å²) in [7, 11) is 3.20. The third-order valence-corrected chi connectivity index (χ3v) is 3.71. The van der Waals surface area contributed by atoms with Crippen LogP contribution in [0.3, 0.4) is 0 Å². The van der Waals surface area contributed by atoms with Gasteiger partial charge < -0.3 is 14.8 Å². The number of hydrogen-bond donors (Lipinski definition) is 1. The van der Waals surface area contributed by atoms with Crippen molar-refractivity contribution < 1.29 is 14.3 Å². The number of likely N-dealkylation sites (N-methyl/N-ethyl adjacent to an activating group) is 1. The molecular weight excluding hydrogens is 288 g/mol. The number of carbonyl (C=O) groups excluding carboxylic acids is 1. The Morgan fingerprint density at radius 2 is 2.05 bits per heavy atom. The van der Waals surface area contributed by atoms with Crippen molar-refractivity contribution in [2.75, 3.05) is 20.8 Å². The van der Waals surface area contributed by atoms with Crippen molar-refractivity contribution in [3.63, 3.8) is 0 Å². The summed E-state index contributed by atoms with van der Waals surface area (Å²) in [4.78, 5) is 13.7. The average Bonchev–Trinajstić information content (AvgIpc) is 2.73. The predicted octanol–water partition coefficient (Wildman–Crippen LogP) is 2.09. The molecule has 0 radical (unpaired) electrons. The minimum Gasteiger partial charge on any atom is -0.496 e. The number of carbonyl (C=O) groups is 1. The highest BCUT2D eigenvalue weighted by Gasteiger charge is 2.29. The second-order valence-electron chi connectivity index (χ2n) is 4.55. The number of ether oxygens (including phenoxy) is 2. The monoisotopic (exact) mass is 306 g/mol. The predicted molar refractivity (Wildman–Crippen MR) is 85.4 cm³/mol. The van der Waals surface area contributed by atoms with Crippen LogP contribution >= 0.6 is 12.2 Å². The summed E-state index contributed by atoms with van der Waals surface area (Å²) >= 11 is 5.14. The molecule has 0 spiro atoms. The van der Waals surface area contributed by atoms with E-state index in [0.717, 1.165) is 16.9 Å². The Bertz CT molecular complexity index is 626. The summed E-state index contributed by atoms with van der Waals surface area (Å²) in [6, 6.07) is 3.70. The van der Waals surface area contributed by atoms with Crippen LogP contribution in [-0.4, -0.2) is 36.7 Å². The summed E-state index contributed by atoms with van der Waals surface area (Å²) in [6.45, 7) is 4.33. The van der Waals surface area contributed by atoms with E-state index < -0.39 is 0 Å². The van der Waals surface area contributed by atoms with Gasteiger partial charge in [0.1, 0.15) is 17.2 Å². The van der Waals surface area contributed by atoms with Crippen LogP contribution in [0.5, 0.6) is 11.5 Å². The van der Waals surface area contributed by atoms with Gasteiger partial charge in [-0.05, 0) is 44.3 Å². The molecule has 1 heterocycles. The fraction of sp³-hybridized carbons (Fsp3) is 0.333. The normalized spacial score (nSPS) is 16.4. The maximum Gasteiger partial charge on any atom is 0.276 e. The van der Waals surface area contributed by atoms with E-state index in [1.165, 1.54) is 4.90 Å². The van der Waals surface area contributed by atoms with Crippen LogP contribution in [0.25, 0.3) is 6.08 Å². The van der Waals surface area contributed by atoms with E-state index in [9.17, 15) is 4.79 Å². The molecule has 0 bridgehead atoms. The molecule has 0 aromatic heterocycles. The van der Waals surface area contributed by atoms with Crippen molar-refractivity contribution in [3.05, 3.63) is 29.0 Å². The zero-order valence-corrected chi connectivity index (χ0v) is 13.3. The lowest BCUT2D eigenvalue weighted by molar-refractivity contribution is -0.122. The van der Waals surface area contributed by atoms with Crippen molar-refractivity contribution in [2.45, 2.75) is 13.8 Å². The molecule has 112 valence electrons. The Hall–Kier alpha value is -2.08. The Kier molecular flexibility index (Phi) is 4.47. The van der Waals surface area contributed by atoms with Crippen molar-refractivity contribution in [2.24, 2.45) is 0 Å². The van der Waals surface area contributed by atoms with E-state index in [-0.39, 0.29) is 5.91 Å². The van der Waals surface area contributed by atoms with Gasteiger partial charge in [-0.15, -0.1) is 0 Å². The lowest BCUT2D eigenvalue weighted by Crippen LogP contribution is -2.30. The van der Waals surface area contributed by atoms with E-state index in [1.54, 1.807) is 20.3 Å². The topological polar surface area (TPSA) is 50.8 Å². The molecule has 0 saturated carbocycles. The van der Waals surface area contributed by atoms with Gasteiger partial charge >= 0.3 is 0 Å². The van der Waals surface area contributed by atoms with Crippen molar-refractivity contribution in [3.8, 4) is 11.5 Å². The second-order valence-corrected chi connectivity index (χ2v) is 4.94. The molecule has 0 aliphatic carbocycles. The molecule has 1 aromatic carbocycles. The maximum absolute atomic E-state index is 12.2. The Labute approximate surface area is 129 Å². The first-order chi connectivity index (χ1) is 10.0. The third-order valence-electron chi connectivity index (χ3n) is 3.39. The van der Waals surface area contributed by atoms with Gasteiger partial charge in [-0.3, -0.25) is 9.69 Å². The minimum atomic E-state index is -0.127. The highest BCUT2D eigenvalue weighted by molar-refractivity contribution is 7.80. The molecule has 1 aromatic rings. The first-order valence-electron chi connectivity index (χ1n) is 6.59. The molecule has 1 aliphatic heterocycles. The zero-order valence-electron chi connectivity index (χ0n) is 12.5. The molecule has 6 heteroatoms. The van der Waals surface area contributed by atoms with Crippen LogP contribution in [0.15, 0.2) is 17.8 Å². The second kappa shape index (κ2) is 6.13. The smallest absolute Gasteiger partial charge is 0.276 e. The largest absolute Gasteiger partial charge is 0.496 e. The van der Waals surface area contributed by atoms with Crippen LogP contribution in [0.4, 0.5) is 0 Å². The first kappa shape index (κ1) is 15.3. The molecule has 2 rings (SSSR count). The number of nitrogens with zero attached hydrogens (tertiary/aromatic N) is 1. The fourth-order valence-corrected chi connectivity index (χ4v) is 2.64. The molecule has 1 aliphatic rings. The summed E-state index contributed by atoms with van der Waals surface area (Å²) < 4.78 is 10.7. The molecule has 0 unspecified atom stereocenters. The Morgan fingerprint density at radius 3 is 2.57 bits per heavy atom. The van der Waals surface area contributed by atoms with E-state index >= 15 is 0 Å². The zero-order chi connectivity index (χ0) is 15.6. The molecule has 1 saturated heterocycles. The van der Waals surface area contributed by atoms with Gasteiger partial charge in [0, 0.05) is 17.7 Å². The quantitative estimate of drug-likeness (QED) is 0.682. The van der Waals surface area contributed by atoms with Gasteiger partial charge in [-0.1, -0.05) is 0 Å². The molecule has 0 atom stereocenters. The lowest BCUT2D eigenvalue weighted by Gasteiger charge is -2.12. The van der Waals surface area contributed by atoms with Crippen molar-refractivity contribution >= 4 is 29.3 Å². The molecule has 5 nitrogen and oxygen atoms in total. The average molecular weight is 306 g/mol. The van der Waals surface area contributed by atoms with Gasteiger partial charge in [0.2, 0.25) is 0 Å². The number of hydrogen-bond acceptors (Lipinski definition) is 4. The fourth-order valence-electron chi connectivity index (χ4n) is 2.31. The SMILES string of the molecule is CCN1C(=O)/C(=C\c2ccc(OC)c(C)c2OC)NC1=S.